The van der Waals surface area contributed by atoms with E-state index in [1.165, 1.54) is 12.1 Å². The molecule has 0 aromatic heterocycles. The van der Waals surface area contributed by atoms with E-state index >= 15 is 0 Å². The fourth-order valence-corrected chi connectivity index (χ4v) is 2.00. The van der Waals surface area contributed by atoms with Gasteiger partial charge in [0.15, 0.2) is 6.10 Å². The lowest BCUT2D eigenvalue weighted by atomic mass is 10.1. The van der Waals surface area contributed by atoms with Gasteiger partial charge in [0.05, 0.1) is 12.7 Å². The number of morpholine rings is 1. The summed E-state index contributed by atoms with van der Waals surface area (Å²) >= 11 is 0. The fraction of sp³-hybridized carbons (Fsp3) is 0.462. The summed E-state index contributed by atoms with van der Waals surface area (Å²) in [6.07, 6.45) is -0.343. The third kappa shape index (κ3) is 3.02. The predicted molar refractivity (Wildman–Crippen MR) is 61.8 cm³/mol. The summed E-state index contributed by atoms with van der Waals surface area (Å²) in [4.78, 5) is 2.16. The maximum Gasteiger partial charge on any atom is 0.156 e. The molecular formula is C13H15FN2O. The van der Waals surface area contributed by atoms with Crippen molar-refractivity contribution in [2.45, 2.75) is 19.6 Å². The highest BCUT2D eigenvalue weighted by Gasteiger charge is 2.20. The topological polar surface area (TPSA) is 36.3 Å². The standard InChI is InChI=1S/C13H15FN2O/c1-10-6-12(14)3-2-11(10)8-16-4-5-17-13(7-15)9-16/h2-3,6,13H,4-5,8-9H2,1H3. The molecule has 1 heterocycles. The molecule has 1 saturated heterocycles. The van der Waals surface area contributed by atoms with E-state index in [-0.39, 0.29) is 11.9 Å². The van der Waals surface area contributed by atoms with E-state index in [1.807, 2.05) is 13.0 Å². The van der Waals surface area contributed by atoms with Crippen molar-refractivity contribution in [3.05, 3.63) is 35.1 Å². The number of hydrogen-bond acceptors (Lipinski definition) is 3. The molecule has 4 heteroatoms. The van der Waals surface area contributed by atoms with Crippen LogP contribution in [0.3, 0.4) is 0 Å². The van der Waals surface area contributed by atoms with E-state index < -0.39 is 0 Å². The van der Waals surface area contributed by atoms with Crippen LogP contribution in [-0.2, 0) is 11.3 Å². The highest BCUT2D eigenvalue weighted by molar-refractivity contribution is 5.26. The van der Waals surface area contributed by atoms with E-state index in [2.05, 4.69) is 11.0 Å². The monoisotopic (exact) mass is 234 g/mol. The molecule has 0 amide bonds. The van der Waals surface area contributed by atoms with Gasteiger partial charge in [0.25, 0.3) is 0 Å². The predicted octanol–water partition coefficient (Wildman–Crippen LogP) is 1.86. The quantitative estimate of drug-likeness (QED) is 0.783. The van der Waals surface area contributed by atoms with E-state index in [4.69, 9.17) is 10.00 Å². The van der Waals surface area contributed by atoms with Crippen LogP contribution in [0.2, 0.25) is 0 Å². The summed E-state index contributed by atoms with van der Waals surface area (Å²) in [6, 6.07) is 6.94. The molecule has 1 atom stereocenters. The van der Waals surface area contributed by atoms with Gasteiger partial charge in [-0.05, 0) is 30.2 Å². The van der Waals surface area contributed by atoms with Crippen LogP contribution < -0.4 is 0 Å². The number of benzene rings is 1. The largest absolute Gasteiger partial charge is 0.361 e. The Labute approximate surface area is 100 Å². The first-order valence-electron chi connectivity index (χ1n) is 5.67. The van der Waals surface area contributed by atoms with Gasteiger partial charge in [0, 0.05) is 19.6 Å². The van der Waals surface area contributed by atoms with Gasteiger partial charge in [0.1, 0.15) is 5.82 Å². The Morgan fingerprint density at radius 1 is 1.59 bits per heavy atom. The molecule has 1 fully saturated rings. The van der Waals surface area contributed by atoms with Crippen molar-refractivity contribution in [1.82, 2.24) is 4.90 Å². The molecule has 0 bridgehead atoms. The number of hydrogen-bond donors (Lipinski definition) is 0. The van der Waals surface area contributed by atoms with Crippen molar-refractivity contribution in [3.63, 3.8) is 0 Å². The second-order valence-electron chi connectivity index (χ2n) is 4.29. The van der Waals surface area contributed by atoms with Gasteiger partial charge >= 0.3 is 0 Å². The first-order valence-corrected chi connectivity index (χ1v) is 5.67. The molecule has 17 heavy (non-hydrogen) atoms. The minimum Gasteiger partial charge on any atom is -0.361 e. The Kier molecular flexibility index (Phi) is 3.72. The number of nitriles is 1. The lowest BCUT2D eigenvalue weighted by Gasteiger charge is -2.30. The molecule has 1 aliphatic heterocycles. The summed E-state index contributed by atoms with van der Waals surface area (Å²) < 4.78 is 18.2. The molecule has 1 aromatic carbocycles. The molecule has 1 aliphatic rings. The first-order chi connectivity index (χ1) is 8.19. The Bertz CT molecular complexity index is 442. The van der Waals surface area contributed by atoms with E-state index in [9.17, 15) is 4.39 Å². The summed E-state index contributed by atoms with van der Waals surface area (Å²) in [5, 5.41) is 8.81. The van der Waals surface area contributed by atoms with Crippen LogP contribution in [0.15, 0.2) is 18.2 Å². The number of rotatable bonds is 2. The Balaban J connectivity index is 2.03. The Morgan fingerprint density at radius 2 is 2.41 bits per heavy atom. The highest BCUT2D eigenvalue weighted by Crippen LogP contribution is 2.15. The zero-order chi connectivity index (χ0) is 12.3. The van der Waals surface area contributed by atoms with Gasteiger partial charge in [-0.15, -0.1) is 0 Å². The number of nitrogens with zero attached hydrogens (tertiary/aromatic N) is 2. The molecule has 2 rings (SSSR count). The van der Waals surface area contributed by atoms with Gasteiger partial charge in [0.2, 0.25) is 0 Å². The van der Waals surface area contributed by atoms with E-state index in [1.54, 1.807) is 0 Å². The molecule has 3 nitrogen and oxygen atoms in total. The maximum absolute atomic E-state index is 13.0. The van der Waals surface area contributed by atoms with Crippen molar-refractivity contribution < 1.29 is 9.13 Å². The second kappa shape index (κ2) is 5.26. The van der Waals surface area contributed by atoms with Crippen molar-refractivity contribution in [3.8, 4) is 6.07 Å². The molecule has 0 spiro atoms. The number of aryl methyl sites for hydroxylation is 1. The van der Waals surface area contributed by atoms with Crippen LogP contribution in [0, 0.1) is 24.1 Å². The molecule has 1 unspecified atom stereocenters. The van der Waals surface area contributed by atoms with Crippen molar-refractivity contribution in [2.24, 2.45) is 0 Å². The smallest absolute Gasteiger partial charge is 0.156 e. The normalized spacial score (nSPS) is 21.1. The summed E-state index contributed by atoms with van der Waals surface area (Å²) in [7, 11) is 0. The van der Waals surface area contributed by atoms with E-state index in [0.717, 1.165) is 24.2 Å². The average molecular weight is 234 g/mol. The molecular weight excluding hydrogens is 219 g/mol. The second-order valence-corrected chi connectivity index (χ2v) is 4.29. The summed E-state index contributed by atoms with van der Waals surface area (Å²) in [6.45, 7) is 4.66. The van der Waals surface area contributed by atoms with Gasteiger partial charge in [-0.3, -0.25) is 4.90 Å². The van der Waals surface area contributed by atoms with Gasteiger partial charge in [-0.1, -0.05) is 6.07 Å². The zero-order valence-electron chi connectivity index (χ0n) is 9.82. The highest BCUT2D eigenvalue weighted by atomic mass is 19.1. The zero-order valence-corrected chi connectivity index (χ0v) is 9.82. The van der Waals surface area contributed by atoms with Crippen molar-refractivity contribution >= 4 is 0 Å². The molecule has 0 aliphatic carbocycles. The molecule has 90 valence electrons. The lowest BCUT2D eigenvalue weighted by molar-refractivity contribution is -0.00276. The van der Waals surface area contributed by atoms with Crippen molar-refractivity contribution in [2.75, 3.05) is 19.7 Å². The van der Waals surface area contributed by atoms with Crippen molar-refractivity contribution in [1.29, 1.82) is 5.26 Å². The fourth-order valence-electron chi connectivity index (χ4n) is 2.00. The van der Waals surface area contributed by atoms with Gasteiger partial charge in [-0.2, -0.15) is 5.26 Å². The average Bonchev–Trinajstić information content (AvgIpc) is 2.33. The number of halogens is 1. The maximum atomic E-state index is 13.0. The Morgan fingerprint density at radius 3 is 3.12 bits per heavy atom. The number of ether oxygens (including phenoxy) is 1. The van der Waals surface area contributed by atoms with Gasteiger partial charge in [-0.25, -0.2) is 4.39 Å². The molecule has 0 radical (unpaired) electrons. The minimum atomic E-state index is -0.343. The van der Waals surface area contributed by atoms with Crippen LogP contribution in [0.25, 0.3) is 0 Å². The van der Waals surface area contributed by atoms with Crippen LogP contribution in [0.4, 0.5) is 4.39 Å². The first kappa shape index (κ1) is 12.0. The third-order valence-corrected chi connectivity index (χ3v) is 2.99. The Hall–Kier alpha value is -1.44. The van der Waals surface area contributed by atoms with Gasteiger partial charge < -0.3 is 4.74 Å². The summed E-state index contributed by atoms with van der Waals surface area (Å²) in [5.41, 5.74) is 2.05. The summed E-state index contributed by atoms with van der Waals surface area (Å²) in [5.74, 6) is -0.205. The minimum absolute atomic E-state index is 0.205. The molecule has 0 N–H and O–H groups in total. The van der Waals surface area contributed by atoms with E-state index in [0.29, 0.717) is 13.2 Å². The SMILES string of the molecule is Cc1cc(F)ccc1CN1CCOC(C#N)C1. The van der Waals surface area contributed by atoms with Crippen LogP contribution in [0.1, 0.15) is 11.1 Å². The molecule has 1 aromatic rings. The van der Waals surface area contributed by atoms with Crippen LogP contribution in [0.5, 0.6) is 0 Å². The lowest BCUT2D eigenvalue weighted by Crippen LogP contribution is -2.41. The van der Waals surface area contributed by atoms with Crippen LogP contribution >= 0.6 is 0 Å². The molecule has 0 saturated carbocycles. The van der Waals surface area contributed by atoms with Crippen LogP contribution in [-0.4, -0.2) is 30.7 Å². The third-order valence-electron chi connectivity index (χ3n) is 2.99.